The van der Waals surface area contributed by atoms with E-state index >= 15 is 0 Å². The van der Waals surface area contributed by atoms with Gasteiger partial charge in [-0.2, -0.15) is 0 Å². The minimum absolute atomic E-state index is 0.0139. The fourth-order valence-electron chi connectivity index (χ4n) is 3.10. The van der Waals surface area contributed by atoms with Gasteiger partial charge in [-0.05, 0) is 13.0 Å². The number of aromatic hydroxyl groups is 3. The monoisotopic (exact) mass is 360 g/mol. The Balaban J connectivity index is 2.46. The molecule has 134 valence electrons. The van der Waals surface area contributed by atoms with Crippen LogP contribution in [0.3, 0.4) is 0 Å². The van der Waals surface area contributed by atoms with Gasteiger partial charge in [0.15, 0.2) is 16.9 Å². The van der Waals surface area contributed by atoms with Crippen molar-refractivity contribution in [2.24, 2.45) is 0 Å². The summed E-state index contributed by atoms with van der Waals surface area (Å²) >= 11 is 0. The zero-order valence-corrected chi connectivity index (χ0v) is 13.6. The van der Waals surface area contributed by atoms with Gasteiger partial charge in [-0.15, -0.1) is 0 Å². The van der Waals surface area contributed by atoms with Crippen LogP contribution >= 0.6 is 0 Å². The average molecular weight is 360 g/mol. The Morgan fingerprint density at radius 2 is 1.62 bits per heavy atom. The van der Waals surface area contributed by atoms with E-state index in [0.717, 1.165) is 6.07 Å². The van der Waals surface area contributed by atoms with Crippen molar-refractivity contribution in [1.82, 2.24) is 0 Å². The van der Waals surface area contributed by atoms with Crippen molar-refractivity contribution in [2.75, 3.05) is 13.7 Å². The van der Waals surface area contributed by atoms with Gasteiger partial charge >= 0.3 is 0 Å². The minimum atomic E-state index is -0.914. The van der Waals surface area contributed by atoms with Crippen LogP contribution in [-0.4, -0.2) is 29.0 Å². The lowest BCUT2D eigenvalue weighted by Crippen LogP contribution is -2.11. The lowest BCUT2D eigenvalue weighted by atomic mass is 10.0. The maximum Gasteiger partial charge on any atom is 0.294 e. The summed E-state index contributed by atoms with van der Waals surface area (Å²) in [4.78, 5) is 25.0. The van der Waals surface area contributed by atoms with Gasteiger partial charge in [0.25, 0.3) is 17.3 Å². The highest BCUT2D eigenvalue weighted by atomic mass is 16.5. The first kappa shape index (κ1) is 15.9. The van der Waals surface area contributed by atoms with Crippen LogP contribution in [0.4, 0.5) is 0 Å². The predicted molar refractivity (Wildman–Crippen MR) is 89.9 cm³/mol. The Bertz CT molecular complexity index is 1300. The zero-order chi connectivity index (χ0) is 18.7. The first-order chi connectivity index (χ1) is 12.4. The van der Waals surface area contributed by atoms with Crippen LogP contribution in [0.5, 0.6) is 29.1 Å². The van der Waals surface area contributed by atoms with Crippen LogP contribution in [-0.2, 0) is 0 Å². The summed E-state index contributed by atoms with van der Waals surface area (Å²) in [6, 6.07) is 0.990. The van der Waals surface area contributed by atoms with Crippen molar-refractivity contribution in [3.63, 3.8) is 0 Å². The standard InChI is InChI=1S/C17H12O9/c1-3-24-15-13-8-7-5(16(21)26-13)4-6(18)10(19)12(7)25-17(22)9(8)11(20)14(15)23-2/h4,18,21-22H,3H2,1-2H3. The van der Waals surface area contributed by atoms with E-state index < -0.39 is 34.1 Å². The van der Waals surface area contributed by atoms with Crippen molar-refractivity contribution >= 4 is 32.7 Å². The fraction of sp³-hybridized carbons (Fsp3) is 0.176. The number of hydrogen-bond acceptors (Lipinski definition) is 9. The van der Waals surface area contributed by atoms with Crippen LogP contribution in [0.1, 0.15) is 6.92 Å². The lowest BCUT2D eigenvalue weighted by molar-refractivity contribution is 0.299. The molecule has 3 N–H and O–H groups in total. The van der Waals surface area contributed by atoms with E-state index in [1.807, 2.05) is 0 Å². The SMILES string of the molecule is CCOc1c(OC)c(=O)c2c(O)oc3c(=O)c(O)cc4c(O)oc1c2c43. The van der Waals surface area contributed by atoms with Crippen molar-refractivity contribution in [3.8, 4) is 29.1 Å². The van der Waals surface area contributed by atoms with Crippen LogP contribution in [0, 0.1) is 0 Å². The first-order valence-electron chi connectivity index (χ1n) is 7.54. The molecule has 9 heteroatoms. The molecule has 0 aliphatic carbocycles. The number of rotatable bonds is 3. The molecule has 2 heterocycles. The molecule has 0 fully saturated rings. The Kier molecular flexibility index (Phi) is 3.17. The molecule has 0 saturated heterocycles. The van der Waals surface area contributed by atoms with Gasteiger partial charge in [-0.25, -0.2) is 0 Å². The molecule has 0 spiro atoms. The Hall–Kier alpha value is -3.62. The highest BCUT2D eigenvalue weighted by Gasteiger charge is 2.29. The second kappa shape index (κ2) is 5.19. The van der Waals surface area contributed by atoms with Gasteiger partial charge in [0, 0.05) is 5.39 Å². The smallest absolute Gasteiger partial charge is 0.294 e. The Labute approximate surface area is 143 Å². The lowest BCUT2D eigenvalue weighted by Gasteiger charge is -2.15. The quantitative estimate of drug-likeness (QED) is 0.468. The molecule has 0 bridgehead atoms. The number of ether oxygens (including phenoxy) is 2. The van der Waals surface area contributed by atoms with Gasteiger partial charge in [-0.3, -0.25) is 9.59 Å². The summed E-state index contributed by atoms with van der Waals surface area (Å²) in [7, 11) is 1.23. The molecule has 9 nitrogen and oxygen atoms in total. The normalized spacial score (nSPS) is 11.6. The third kappa shape index (κ3) is 1.79. The van der Waals surface area contributed by atoms with Gasteiger partial charge in [0.2, 0.25) is 16.9 Å². The molecule has 0 amide bonds. The zero-order valence-electron chi connectivity index (χ0n) is 13.6. The third-order valence-electron chi connectivity index (χ3n) is 4.12. The number of benzene rings is 2. The van der Waals surface area contributed by atoms with Crippen molar-refractivity contribution < 1.29 is 33.6 Å². The van der Waals surface area contributed by atoms with Gasteiger partial charge in [0.1, 0.15) is 5.39 Å². The van der Waals surface area contributed by atoms with E-state index in [1.165, 1.54) is 7.11 Å². The Morgan fingerprint density at radius 1 is 0.923 bits per heavy atom. The topological polar surface area (TPSA) is 140 Å². The van der Waals surface area contributed by atoms with Crippen LogP contribution in [0.2, 0.25) is 0 Å². The maximum atomic E-state index is 12.8. The molecular weight excluding hydrogens is 348 g/mol. The summed E-state index contributed by atoms with van der Waals surface area (Å²) in [5.74, 6) is -2.54. The molecule has 4 rings (SSSR count). The van der Waals surface area contributed by atoms with E-state index in [0.29, 0.717) is 0 Å². The summed E-state index contributed by atoms with van der Waals surface area (Å²) in [6.45, 7) is 1.82. The summed E-state index contributed by atoms with van der Waals surface area (Å²) in [5, 5.41) is 29.9. The van der Waals surface area contributed by atoms with Gasteiger partial charge in [-0.1, -0.05) is 0 Å². The van der Waals surface area contributed by atoms with Gasteiger partial charge in [0.05, 0.1) is 24.5 Å². The van der Waals surface area contributed by atoms with E-state index in [-0.39, 0.29) is 45.2 Å². The van der Waals surface area contributed by atoms with Crippen LogP contribution in [0.25, 0.3) is 32.7 Å². The van der Waals surface area contributed by atoms with E-state index in [4.69, 9.17) is 18.3 Å². The molecular formula is C17H12O9. The average Bonchev–Trinajstić information content (AvgIpc) is 2.60. The van der Waals surface area contributed by atoms with Crippen LogP contribution < -0.4 is 20.3 Å². The second-order valence-electron chi connectivity index (χ2n) is 5.49. The second-order valence-corrected chi connectivity index (χ2v) is 5.49. The van der Waals surface area contributed by atoms with Gasteiger partial charge < -0.3 is 33.6 Å². The highest BCUT2D eigenvalue weighted by molar-refractivity contribution is 6.23. The molecule has 26 heavy (non-hydrogen) atoms. The fourth-order valence-corrected chi connectivity index (χ4v) is 3.10. The number of methoxy groups -OCH3 is 1. The first-order valence-corrected chi connectivity index (χ1v) is 7.54. The van der Waals surface area contributed by atoms with E-state index in [2.05, 4.69) is 0 Å². The molecule has 0 aliphatic heterocycles. The van der Waals surface area contributed by atoms with E-state index in [1.54, 1.807) is 6.92 Å². The third-order valence-corrected chi connectivity index (χ3v) is 4.12. The number of phenols is 1. The van der Waals surface area contributed by atoms with Crippen molar-refractivity contribution in [3.05, 3.63) is 26.5 Å². The van der Waals surface area contributed by atoms with Crippen molar-refractivity contribution in [2.45, 2.75) is 6.92 Å². The molecule has 0 aliphatic rings. The van der Waals surface area contributed by atoms with E-state index in [9.17, 15) is 24.9 Å². The Morgan fingerprint density at radius 3 is 2.27 bits per heavy atom. The number of hydrogen-bond donors (Lipinski definition) is 3. The molecule has 0 saturated carbocycles. The van der Waals surface area contributed by atoms with Crippen molar-refractivity contribution in [1.29, 1.82) is 0 Å². The highest BCUT2D eigenvalue weighted by Crippen LogP contribution is 2.46. The molecule has 2 aromatic heterocycles. The summed E-state index contributed by atoms with van der Waals surface area (Å²) in [5.41, 5.74) is -2.20. The summed E-state index contributed by atoms with van der Waals surface area (Å²) < 4.78 is 21.0. The molecule has 4 aromatic rings. The van der Waals surface area contributed by atoms with Crippen LogP contribution in [0.15, 0.2) is 24.5 Å². The molecule has 0 radical (unpaired) electrons. The largest absolute Gasteiger partial charge is 0.504 e. The molecule has 2 aromatic carbocycles. The maximum absolute atomic E-state index is 12.8. The molecule has 0 atom stereocenters. The summed E-state index contributed by atoms with van der Waals surface area (Å²) in [6.07, 6.45) is 0. The number of phenolic OH excluding ortho intramolecular Hbond substituents is 1. The minimum Gasteiger partial charge on any atom is -0.504 e. The predicted octanol–water partition coefficient (Wildman–Crippen LogP) is 2.01. The molecule has 0 unspecified atom stereocenters.